The lowest BCUT2D eigenvalue weighted by molar-refractivity contribution is 0.0383. The van der Waals surface area contributed by atoms with Crippen molar-refractivity contribution in [3.05, 3.63) is 35.8 Å². The molecule has 1 aromatic carbocycles. The third-order valence-electron chi connectivity index (χ3n) is 4.63. The number of carbonyl (C=O) groups is 1. The predicted octanol–water partition coefficient (Wildman–Crippen LogP) is 1.53. The zero-order valence-corrected chi connectivity index (χ0v) is 16.5. The van der Waals surface area contributed by atoms with Gasteiger partial charge in [0.2, 0.25) is 0 Å². The molecular weight excluding hydrogens is 360 g/mol. The Bertz CT molecular complexity index is 822. The van der Waals surface area contributed by atoms with E-state index in [-0.39, 0.29) is 5.91 Å². The molecule has 28 heavy (non-hydrogen) atoms. The Morgan fingerprint density at radius 2 is 1.96 bits per heavy atom. The largest absolute Gasteiger partial charge is 0.493 e. The molecule has 3 rings (SSSR count). The van der Waals surface area contributed by atoms with Crippen molar-refractivity contribution in [3.8, 4) is 22.8 Å². The van der Waals surface area contributed by atoms with Crippen LogP contribution in [0.3, 0.4) is 0 Å². The Balaban J connectivity index is 1.77. The smallest absolute Gasteiger partial charge is 0.255 e. The van der Waals surface area contributed by atoms with Crippen LogP contribution in [0.25, 0.3) is 11.3 Å². The van der Waals surface area contributed by atoms with Gasteiger partial charge in [-0.1, -0.05) is 0 Å². The van der Waals surface area contributed by atoms with E-state index in [1.807, 2.05) is 12.1 Å². The maximum Gasteiger partial charge on any atom is 0.255 e. The van der Waals surface area contributed by atoms with Gasteiger partial charge in [-0.15, -0.1) is 0 Å². The van der Waals surface area contributed by atoms with Crippen molar-refractivity contribution < 1.29 is 19.0 Å². The summed E-state index contributed by atoms with van der Waals surface area (Å²) in [6.45, 7) is 6.39. The summed E-state index contributed by atoms with van der Waals surface area (Å²) in [6.07, 6.45) is 1.57. The van der Waals surface area contributed by atoms with Gasteiger partial charge in [-0.05, 0) is 25.1 Å². The van der Waals surface area contributed by atoms with Crippen molar-refractivity contribution in [2.45, 2.75) is 6.92 Å². The third kappa shape index (κ3) is 4.76. The number of nitrogens with zero attached hydrogens (tertiary/aromatic N) is 3. The summed E-state index contributed by atoms with van der Waals surface area (Å²) >= 11 is 0. The maximum absolute atomic E-state index is 12.8. The molecule has 2 aromatic rings. The molecule has 150 valence electrons. The fraction of sp³-hybridized carbons (Fsp3) is 0.450. The SMILES string of the molecule is COc1ccc(-c2nc(C)ncc2C(=O)NCCN2CCOCC2)cc1OC. The molecule has 0 saturated carbocycles. The van der Waals surface area contributed by atoms with Crippen LogP contribution in [0.5, 0.6) is 11.5 Å². The van der Waals surface area contributed by atoms with Crippen LogP contribution in [0.2, 0.25) is 0 Å². The fourth-order valence-electron chi connectivity index (χ4n) is 3.09. The van der Waals surface area contributed by atoms with E-state index in [2.05, 4.69) is 20.2 Å². The van der Waals surface area contributed by atoms with Crippen molar-refractivity contribution in [2.75, 3.05) is 53.6 Å². The lowest BCUT2D eigenvalue weighted by Gasteiger charge is -2.26. The summed E-state index contributed by atoms with van der Waals surface area (Å²) in [5.74, 6) is 1.59. The number of hydrogen-bond acceptors (Lipinski definition) is 7. The first-order valence-corrected chi connectivity index (χ1v) is 9.26. The van der Waals surface area contributed by atoms with Gasteiger partial charge in [-0.25, -0.2) is 9.97 Å². The van der Waals surface area contributed by atoms with Crippen LogP contribution in [0, 0.1) is 6.92 Å². The van der Waals surface area contributed by atoms with E-state index in [1.54, 1.807) is 33.4 Å². The summed E-state index contributed by atoms with van der Waals surface area (Å²) in [5, 5.41) is 2.97. The number of ether oxygens (including phenoxy) is 3. The van der Waals surface area contributed by atoms with Crippen LogP contribution in [0.4, 0.5) is 0 Å². The van der Waals surface area contributed by atoms with Crippen LogP contribution in [-0.2, 0) is 4.74 Å². The molecule has 1 fully saturated rings. The average molecular weight is 386 g/mol. The van der Waals surface area contributed by atoms with Gasteiger partial charge in [0.05, 0.1) is 38.7 Å². The molecule has 0 unspecified atom stereocenters. The highest BCUT2D eigenvalue weighted by Crippen LogP contribution is 2.32. The van der Waals surface area contributed by atoms with Crippen LogP contribution < -0.4 is 14.8 Å². The van der Waals surface area contributed by atoms with E-state index in [1.165, 1.54) is 0 Å². The van der Waals surface area contributed by atoms with Crippen LogP contribution in [-0.4, -0.2) is 74.4 Å². The van der Waals surface area contributed by atoms with E-state index >= 15 is 0 Å². The van der Waals surface area contributed by atoms with Crippen LogP contribution >= 0.6 is 0 Å². The summed E-state index contributed by atoms with van der Waals surface area (Å²) in [7, 11) is 3.16. The molecule has 1 aliphatic heterocycles. The quantitative estimate of drug-likeness (QED) is 0.772. The molecule has 2 heterocycles. The summed E-state index contributed by atoms with van der Waals surface area (Å²) < 4.78 is 16.0. The Kier molecular flexibility index (Phi) is 6.78. The van der Waals surface area contributed by atoms with Crippen molar-refractivity contribution in [3.63, 3.8) is 0 Å². The molecule has 1 amide bonds. The van der Waals surface area contributed by atoms with Gasteiger partial charge in [0.1, 0.15) is 5.82 Å². The summed E-state index contributed by atoms with van der Waals surface area (Å²) in [6, 6.07) is 5.46. The topological polar surface area (TPSA) is 85.8 Å². The number of nitrogens with one attached hydrogen (secondary N) is 1. The normalized spacial score (nSPS) is 14.5. The highest BCUT2D eigenvalue weighted by molar-refractivity contribution is 5.99. The molecule has 0 spiro atoms. The number of hydrogen-bond donors (Lipinski definition) is 1. The predicted molar refractivity (Wildman–Crippen MR) is 105 cm³/mol. The van der Waals surface area contributed by atoms with Gasteiger partial charge < -0.3 is 19.5 Å². The van der Waals surface area contributed by atoms with E-state index in [0.717, 1.165) is 38.4 Å². The van der Waals surface area contributed by atoms with Gasteiger partial charge >= 0.3 is 0 Å². The minimum atomic E-state index is -0.196. The Morgan fingerprint density at radius 1 is 1.21 bits per heavy atom. The van der Waals surface area contributed by atoms with E-state index in [0.29, 0.717) is 35.1 Å². The molecule has 0 aliphatic carbocycles. The highest BCUT2D eigenvalue weighted by Gasteiger charge is 2.18. The van der Waals surface area contributed by atoms with Crippen molar-refractivity contribution in [2.24, 2.45) is 0 Å². The molecule has 8 heteroatoms. The molecule has 1 saturated heterocycles. The average Bonchev–Trinajstić information content (AvgIpc) is 2.73. The summed E-state index contributed by atoms with van der Waals surface area (Å²) in [4.78, 5) is 23.8. The molecule has 0 atom stereocenters. The number of aryl methyl sites for hydroxylation is 1. The second kappa shape index (κ2) is 9.48. The Labute approximate surface area is 164 Å². The number of benzene rings is 1. The first-order chi connectivity index (χ1) is 13.6. The minimum absolute atomic E-state index is 0.196. The number of amides is 1. The van der Waals surface area contributed by atoms with Gasteiger partial charge in [-0.2, -0.15) is 0 Å². The number of methoxy groups -OCH3 is 2. The number of carbonyl (C=O) groups excluding carboxylic acids is 1. The van der Waals surface area contributed by atoms with Crippen LogP contribution in [0.15, 0.2) is 24.4 Å². The number of morpholine rings is 1. The fourth-order valence-corrected chi connectivity index (χ4v) is 3.09. The number of rotatable bonds is 7. The highest BCUT2D eigenvalue weighted by atomic mass is 16.5. The molecule has 1 aromatic heterocycles. The first-order valence-electron chi connectivity index (χ1n) is 9.26. The van der Waals surface area contributed by atoms with Gasteiger partial charge in [0, 0.05) is 37.9 Å². The monoisotopic (exact) mass is 386 g/mol. The zero-order chi connectivity index (χ0) is 19.9. The van der Waals surface area contributed by atoms with Gasteiger partial charge in [-0.3, -0.25) is 9.69 Å². The Morgan fingerprint density at radius 3 is 2.68 bits per heavy atom. The number of aromatic nitrogens is 2. The Hall–Kier alpha value is -2.71. The lowest BCUT2D eigenvalue weighted by atomic mass is 10.1. The standard InChI is InChI=1S/C20H26N4O4/c1-14-22-13-16(20(25)21-6-7-24-8-10-28-11-9-24)19(23-14)15-4-5-17(26-2)18(12-15)27-3/h4-5,12-13H,6-11H2,1-3H3,(H,21,25). The molecule has 1 aliphatic rings. The summed E-state index contributed by atoms with van der Waals surface area (Å²) in [5.41, 5.74) is 1.76. The van der Waals surface area contributed by atoms with Crippen LogP contribution in [0.1, 0.15) is 16.2 Å². The second-order valence-electron chi connectivity index (χ2n) is 6.46. The van der Waals surface area contributed by atoms with E-state index < -0.39 is 0 Å². The third-order valence-corrected chi connectivity index (χ3v) is 4.63. The molecule has 0 bridgehead atoms. The molecule has 0 radical (unpaired) electrons. The maximum atomic E-state index is 12.8. The van der Waals surface area contributed by atoms with Gasteiger partial charge in [0.15, 0.2) is 11.5 Å². The minimum Gasteiger partial charge on any atom is -0.493 e. The second-order valence-corrected chi connectivity index (χ2v) is 6.46. The molecule has 8 nitrogen and oxygen atoms in total. The molecular formula is C20H26N4O4. The van der Waals surface area contributed by atoms with E-state index in [4.69, 9.17) is 14.2 Å². The van der Waals surface area contributed by atoms with Gasteiger partial charge in [0.25, 0.3) is 5.91 Å². The van der Waals surface area contributed by atoms with Crippen molar-refractivity contribution >= 4 is 5.91 Å². The lowest BCUT2D eigenvalue weighted by Crippen LogP contribution is -2.41. The molecule has 1 N–H and O–H groups in total. The zero-order valence-electron chi connectivity index (χ0n) is 16.5. The van der Waals surface area contributed by atoms with E-state index in [9.17, 15) is 4.79 Å². The van der Waals surface area contributed by atoms with Crippen molar-refractivity contribution in [1.29, 1.82) is 0 Å². The van der Waals surface area contributed by atoms with Crippen molar-refractivity contribution in [1.82, 2.24) is 20.2 Å². The first kappa shape index (κ1) is 20.0.